The molecule has 1 fully saturated rings. The second-order valence-corrected chi connectivity index (χ2v) is 8.08. The Balaban J connectivity index is 2.07. The molecule has 25 heavy (non-hydrogen) atoms. The van der Waals surface area contributed by atoms with Crippen LogP contribution < -0.4 is 4.74 Å². The summed E-state index contributed by atoms with van der Waals surface area (Å²) in [4.78, 5) is 13.5. The lowest BCUT2D eigenvalue weighted by Crippen LogP contribution is -2.38. The zero-order chi connectivity index (χ0) is 18.4. The topological polar surface area (TPSA) is 52.6 Å². The van der Waals surface area contributed by atoms with E-state index in [1.54, 1.807) is 11.0 Å². The summed E-state index contributed by atoms with van der Waals surface area (Å²) in [6.07, 6.45) is 3.77. The number of alkyl halides is 3. The molecule has 0 aromatic heterocycles. The quantitative estimate of drug-likeness (QED) is 0.740. The molecule has 0 saturated carbocycles. The third kappa shape index (κ3) is 3.64. The Morgan fingerprint density at radius 2 is 2.00 bits per heavy atom. The molecular formula is C17H18F3NO3S. The van der Waals surface area contributed by atoms with Gasteiger partial charge in [0.25, 0.3) is 0 Å². The summed E-state index contributed by atoms with van der Waals surface area (Å²) in [6, 6.07) is 3.75. The van der Waals surface area contributed by atoms with Crippen molar-refractivity contribution >= 4 is 22.8 Å². The summed E-state index contributed by atoms with van der Waals surface area (Å²) in [5.74, 6) is 0.312. The number of fused-ring (bicyclic) bond motifs is 1. The number of rotatable bonds is 2. The van der Waals surface area contributed by atoms with E-state index >= 15 is 0 Å². The maximum atomic E-state index is 12.8. The highest BCUT2D eigenvalue weighted by molar-refractivity contribution is 7.92. The van der Waals surface area contributed by atoms with Crippen molar-refractivity contribution in [1.29, 1.82) is 0 Å². The Morgan fingerprint density at radius 1 is 1.28 bits per heavy atom. The maximum Gasteiger partial charge on any atom is 0.578 e. The monoisotopic (exact) mass is 373 g/mol. The lowest BCUT2D eigenvalue weighted by molar-refractivity contribution is -0.129. The molecule has 136 valence electrons. The van der Waals surface area contributed by atoms with Crippen molar-refractivity contribution in [3.05, 3.63) is 29.8 Å². The summed E-state index contributed by atoms with van der Waals surface area (Å²) >= 11 is -3.13. The van der Waals surface area contributed by atoms with Crippen LogP contribution in [-0.2, 0) is 16.0 Å². The van der Waals surface area contributed by atoms with Crippen LogP contribution >= 0.6 is 0 Å². The van der Waals surface area contributed by atoms with Gasteiger partial charge in [0, 0.05) is 24.6 Å². The summed E-state index contributed by atoms with van der Waals surface area (Å²) in [5.41, 5.74) is -4.65. The predicted octanol–water partition coefficient (Wildman–Crippen LogP) is 3.84. The maximum absolute atomic E-state index is 12.8. The highest BCUT2D eigenvalue weighted by Crippen LogP contribution is 2.41. The van der Waals surface area contributed by atoms with Crippen LogP contribution in [0.4, 0.5) is 13.2 Å². The summed E-state index contributed by atoms with van der Waals surface area (Å²) in [7, 11) is 0. The first-order valence-corrected chi connectivity index (χ1v) is 9.09. The third-order valence-corrected chi connectivity index (χ3v) is 5.23. The van der Waals surface area contributed by atoms with E-state index in [9.17, 15) is 22.5 Å². The zero-order valence-electron chi connectivity index (χ0n) is 13.9. The minimum atomic E-state index is -4.84. The molecule has 1 atom stereocenters. The Bertz CT molecular complexity index is 730. The van der Waals surface area contributed by atoms with Gasteiger partial charge < -0.3 is 14.2 Å². The fraction of sp³-hybridized carbons (Fsp3) is 0.471. The van der Waals surface area contributed by atoms with Gasteiger partial charge in [0.15, 0.2) is 4.90 Å². The molecule has 2 heterocycles. The number of piperidine rings is 1. The van der Waals surface area contributed by atoms with Crippen LogP contribution in [0.15, 0.2) is 29.2 Å². The average Bonchev–Trinajstić information content (AvgIpc) is 2.52. The normalized spacial score (nSPS) is 21.3. The van der Waals surface area contributed by atoms with Crippen molar-refractivity contribution in [1.82, 2.24) is 4.90 Å². The van der Waals surface area contributed by atoms with Crippen molar-refractivity contribution in [3.63, 3.8) is 0 Å². The van der Waals surface area contributed by atoms with Crippen LogP contribution in [0.25, 0.3) is 5.70 Å². The molecule has 8 heteroatoms. The van der Waals surface area contributed by atoms with Gasteiger partial charge >= 0.3 is 5.51 Å². The van der Waals surface area contributed by atoms with E-state index in [0.29, 0.717) is 30.0 Å². The second kappa shape index (κ2) is 6.25. The van der Waals surface area contributed by atoms with Crippen molar-refractivity contribution in [2.24, 2.45) is 0 Å². The van der Waals surface area contributed by atoms with Crippen LogP contribution in [0.2, 0.25) is 0 Å². The van der Waals surface area contributed by atoms with Crippen molar-refractivity contribution in [2.45, 2.75) is 49.1 Å². The molecule has 4 nitrogen and oxygen atoms in total. The average molecular weight is 373 g/mol. The van der Waals surface area contributed by atoms with Gasteiger partial charge in [-0.25, -0.2) is 0 Å². The molecule has 2 aliphatic rings. The zero-order valence-corrected chi connectivity index (χ0v) is 14.7. The number of nitrogens with zero attached hydrogens (tertiary/aromatic N) is 1. The largest absolute Gasteiger partial charge is 0.604 e. The first kappa shape index (κ1) is 18.1. The number of carbonyl (C=O) groups excluding carboxylic acids is 1. The third-order valence-electron chi connectivity index (χ3n) is 4.12. The van der Waals surface area contributed by atoms with E-state index in [4.69, 9.17) is 4.74 Å². The molecule has 0 radical (unpaired) electrons. The van der Waals surface area contributed by atoms with Gasteiger partial charge in [-0.3, -0.25) is 4.79 Å². The molecular weight excluding hydrogens is 355 g/mol. The molecule has 0 bridgehead atoms. The SMILES string of the molecule is CC1(C)C=C(N2CCCCC2=O)c2cc([S+]([O-])C(F)(F)F)ccc2O1. The Labute approximate surface area is 146 Å². The van der Waals surface area contributed by atoms with Crippen molar-refractivity contribution in [3.8, 4) is 5.75 Å². The fourth-order valence-electron chi connectivity index (χ4n) is 3.05. The Kier molecular flexibility index (Phi) is 4.53. The fourth-order valence-corrected chi connectivity index (χ4v) is 3.73. The molecule has 0 N–H and O–H groups in total. The van der Waals surface area contributed by atoms with E-state index in [-0.39, 0.29) is 10.8 Å². The number of likely N-dealkylation sites (tertiary alicyclic amines) is 1. The highest BCUT2D eigenvalue weighted by atomic mass is 32.2. The van der Waals surface area contributed by atoms with E-state index < -0.39 is 22.3 Å². The van der Waals surface area contributed by atoms with Crippen LogP contribution in [0, 0.1) is 0 Å². The number of amides is 1. The molecule has 0 aliphatic carbocycles. The Morgan fingerprint density at radius 3 is 2.64 bits per heavy atom. The predicted molar refractivity (Wildman–Crippen MR) is 87.2 cm³/mol. The van der Waals surface area contributed by atoms with Gasteiger partial charge in [-0.2, -0.15) is 0 Å². The molecule has 2 aliphatic heterocycles. The van der Waals surface area contributed by atoms with Gasteiger partial charge in [0.2, 0.25) is 5.91 Å². The van der Waals surface area contributed by atoms with Gasteiger partial charge in [-0.15, -0.1) is 13.2 Å². The summed E-state index contributed by atoms with van der Waals surface area (Å²) in [5, 5.41) is 0. The second-order valence-electron chi connectivity index (χ2n) is 6.61. The standard InChI is InChI=1S/C17H18F3NO3S/c1-16(2)10-13(21-8-4-3-5-15(21)22)12-9-11(6-7-14(12)24-16)25(23)17(18,19)20/h6-7,9-10H,3-5,8H2,1-2H3. The number of halogens is 3. The minimum absolute atomic E-state index is 0.0662. The molecule has 1 aromatic rings. The smallest absolute Gasteiger partial charge is 0.578 e. The molecule has 1 amide bonds. The highest BCUT2D eigenvalue weighted by Gasteiger charge is 2.46. The van der Waals surface area contributed by atoms with E-state index in [1.807, 2.05) is 13.8 Å². The van der Waals surface area contributed by atoms with E-state index in [0.717, 1.165) is 18.9 Å². The van der Waals surface area contributed by atoms with Crippen LogP contribution in [0.1, 0.15) is 38.7 Å². The van der Waals surface area contributed by atoms with Crippen molar-refractivity contribution in [2.75, 3.05) is 6.54 Å². The van der Waals surface area contributed by atoms with Gasteiger partial charge in [0.1, 0.15) is 11.4 Å². The first-order chi connectivity index (χ1) is 11.6. The van der Waals surface area contributed by atoms with Gasteiger partial charge in [-0.1, -0.05) is 0 Å². The first-order valence-electron chi connectivity index (χ1n) is 7.94. The summed E-state index contributed by atoms with van der Waals surface area (Å²) in [6.45, 7) is 4.13. The number of hydrogen-bond donors (Lipinski definition) is 0. The van der Waals surface area contributed by atoms with E-state index in [2.05, 4.69) is 0 Å². The molecule has 1 unspecified atom stereocenters. The van der Waals surface area contributed by atoms with Crippen LogP contribution in [0.3, 0.4) is 0 Å². The number of ether oxygens (including phenoxy) is 1. The minimum Gasteiger partial charge on any atom is -0.604 e. The lowest BCUT2D eigenvalue weighted by atomic mass is 9.96. The Hall–Kier alpha value is -1.67. The molecule has 3 rings (SSSR count). The number of benzene rings is 1. The van der Waals surface area contributed by atoms with Gasteiger partial charge in [-0.05, 0) is 44.9 Å². The van der Waals surface area contributed by atoms with Crippen LogP contribution in [0.5, 0.6) is 5.75 Å². The molecule has 1 saturated heterocycles. The molecule has 0 spiro atoms. The van der Waals surface area contributed by atoms with Crippen molar-refractivity contribution < 1.29 is 27.3 Å². The number of hydrogen-bond acceptors (Lipinski definition) is 3. The van der Waals surface area contributed by atoms with Gasteiger partial charge in [0.05, 0.1) is 16.9 Å². The summed E-state index contributed by atoms with van der Waals surface area (Å²) < 4.78 is 55.9. The molecule has 1 aromatic carbocycles. The van der Waals surface area contributed by atoms with E-state index in [1.165, 1.54) is 12.1 Å². The van der Waals surface area contributed by atoms with Crippen LogP contribution in [-0.4, -0.2) is 33.0 Å². The lowest BCUT2D eigenvalue weighted by Gasteiger charge is -2.37. The number of carbonyl (C=O) groups is 1.